The molecule has 0 aliphatic carbocycles. The highest BCUT2D eigenvalue weighted by atomic mass is 35.5. The van der Waals surface area contributed by atoms with Crippen LogP contribution in [0.25, 0.3) is 5.82 Å². The molecule has 2 heterocycles. The van der Waals surface area contributed by atoms with Crippen molar-refractivity contribution >= 4 is 17.4 Å². The maximum absolute atomic E-state index is 5.90. The topological polar surface area (TPSA) is 56.7 Å². The minimum Gasteiger partial charge on any atom is -0.382 e. The van der Waals surface area contributed by atoms with E-state index in [0.29, 0.717) is 16.7 Å². The molecule has 0 spiro atoms. The van der Waals surface area contributed by atoms with Gasteiger partial charge in [-0.15, -0.1) is 5.10 Å². The molecule has 66 valence electrons. The van der Waals surface area contributed by atoms with Crippen molar-refractivity contribution in [3.8, 4) is 5.82 Å². The van der Waals surface area contributed by atoms with E-state index in [1.807, 2.05) is 0 Å². The van der Waals surface area contributed by atoms with E-state index in [-0.39, 0.29) is 0 Å². The van der Waals surface area contributed by atoms with E-state index in [4.69, 9.17) is 17.3 Å². The average molecular weight is 195 g/mol. The number of nitrogens with zero attached hydrogens (tertiary/aromatic N) is 3. The summed E-state index contributed by atoms with van der Waals surface area (Å²) >= 11 is 5.90. The first-order valence-corrected chi connectivity index (χ1v) is 4.07. The van der Waals surface area contributed by atoms with Crippen LogP contribution < -0.4 is 5.73 Å². The van der Waals surface area contributed by atoms with Crippen molar-refractivity contribution in [1.82, 2.24) is 14.8 Å². The Morgan fingerprint density at radius 1 is 1.38 bits per heavy atom. The summed E-state index contributed by atoms with van der Waals surface area (Å²) in [6.07, 6.45) is 3.36. The maximum Gasteiger partial charge on any atom is 0.172 e. The molecule has 0 bridgehead atoms. The standard InChI is InChI=1S/C8H7ClN4/c9-6-2-1-4-11-8(6)13-5-3-7(10)12-13/h1-5H,(H2,10,12). The first kappa shape index (κ1) is 8.07. The van der Waals surface area contributed by atoms with Gasteiger partial charge in [-0.1, -0.05) is 11.6 Å². The predicted molar refractivity (Wildman–Crippen MR) is 50.8 cm³/mol. The van der Waals surface area contributed by atoms with Crippen molar-refractivity contribution < 1.29 is 0 Å². The lowest BCUT2D eigenvalue weighted by Crippen LogP contribution is -1.99. The minimum atomic E-state index is 0.446. The van der Waals surface area contributed by atoms with Gasteiger partial charge in [-0.2, -0.15) is 0 Å². The van der Waals surface area contributed by atoms with E-state index in [0.717, 1.165) is 0 Å². The van der Waals surface area contributed by atoms with Gasteiger partial charge in [-0.25, -0.2) is 9.67 Å². The molecule has 13 heavy (non-hydrogen) atoms. The lowest BCUT2D eigenvalue weighted by Gasteiger charge is -2.00. The Balaban J connectivity index is 2.52. The van der Waals surface area contributed by atoms with Crippen LogP contribution in [-0.4, -0.2) is 14.8 Å². The Hall–Kier alpha value is -1.55. The van der Waals surface area contributed by atoms with Gasteiger partial charge in [-0.3, -0.25) is 0 Å². The predicted octanol–water partition coefficient (Wildman–Crippen LogP) is 1.50. The lowest BCUT2D eigenvalue weighted by molar-refractivity contribution is 0.852. The fourth-order valence-corrected chi connectivity index (χ4v) is 1.21. The number of hydrogen-bond donors (Lipinski definition) is 1. The fraction of sp³-hybridized carbons (Fsp3) is 0. The van der Waals surface area contributed by atoms with Crippen LogP contribution in [0.2, 0.25) is 5.02 Å². The van der Waals surface area contributed by atoms with Crippen molar-refractivity contribution in [3.63, 3.8) is 0 Å². The summed E-state index contributed by atoms with van der Waals surface area (Å²) in [5, 5.41) is 4.54. The number of pyridine rings is 1. The molecule has 0 aliphatic heterocycles. The van der Waals surface area contributed by atoms with Crippen molar-refractivity contribution in [3.05, 3.63) is 35.6 Å². The molecular formula is C8H7ClN4. The van der Waals surface area contributed by atoms with Gasteiger partial charge in [-0.05, 0) is 12.1 Å². The average Bonchev–Trinajstić information content (AvgIpc) is 2.53. The van der Waals surface area contributed by atoms with Crippen LogP contribution in [0.5, 0.6) is 0 Å². The number of aromatic nitrogens is 3. The van der Waals surface area contributed by atoms with Gasteiger partial charge in [0.1, 0.15) is 5.82 Å². The van der Waals surface area contributed by atoms with Crippen molar-refractivity contribution in [1.29, 1.82) is 0 Å². The normalized spacial score (nSPS) is 10.2. The molecule has 0 fully saturated rings. The van der Waals surface area contributed by atoms with Crippen LogP contribution >= 0.6 is 11.6 Å². The summed E-state index contributed by atoms with van der Waals surface area (Å²) in [4.78, 5) is 4.07. The van der Waals surface area contributed by atoms with Crippen LogP contribution in [-0.2, 0) is 0 Å². The zero-order valence-corrected chi connectivity index (χ0v) is 7.44. The summed E-state index contributed by atoms with van der Waals surface area (Å²) in [6.45, 7) is 0. The molecule has 4 nitrogen and oxygen atoms in total. The van der Waals surface area contributed by atoms with Gasteiger partial charge in [0.25, 0.3) is 0 Å². The van der Waals surface area contributed by atoms with Crippen LogP contribution in [0.1, 0.15) is 0 Å². The SMILES string of the molecule is Nc1ccn(-c2ncccc2Cl)n1. The first-order chi connectivity index (χ1) is 6.27. The van der Waals surface area contributed by atoms with Crippen molar-refractivity contribution in [2.45, 2.75) is 0 Å². The summed E-state index contributed by atoms with van der Waals surface area (Å²) in [6, 6.07) is 5.20. The molecule has 5 heteroatoms. The van der Waals surface area contributed by atoms with Crippen LogP contribution in [0.3, 0.4) is 0 Å². The maximum atomic E-state index is 5.90. The van der Waals surface area contributed by atoms with Crippen molar-refractivity contribution in [2.75, 3.05) is 5.73 Å². The lowest BCUT2D eigenvalue weighted by atomic mass is 10.4. The smallest absolute Gasteiger partial charge is 0.172 e. The molecule has 0 saturated heterocycles. The Bertz CT molecular complexity index is 424. The van der Waals surface area contributed by atoms with E-state index in [9.17, 15) is 0 Å². The van der Waals surface area contributed by atoms with Gasteiger partial charge in [0, 0.05) is 18.5 Å². The van der Waals surface area contributed by atoms with E-state index in [1.54, 1.807) is 30.6 Å². The molecule has 2 aromatic rings. The second-order valence-corrected chi connectivity index (χ2v) is 2.90. The highest BCUT2D eigenvalue weighted by molar-refractivity contribution is 6.32. The number of nitrogen functional groups attached to an aromatic ring is 1. The van der Waals surface area contributed by atoms with E-state index < -0.39 is 0 Å². The molecule has 0 aromatic carbocycles. The van der Waals surface area contributed by atoms with E-state index in [1.165, 1.54) is 4.68 Å². The van der Waals surface area contributed by atoms with Crippen LogP contribution in [0.15, 0.2) is 30.6 Å². The highest BCUT2D eigenvalue weighted by Gasteiger charge is 2.03. The van der Waals surface area contributed by atoms with Gasteiger partial charge >= 0.3 is 0 Å². The molecule has 0 atom stereocenters. The summed E-state index contributed by atoms with van der Waals surface area (Å²) in [5.74, 6) is 1.03. The zero-order valence-electron chi connectivity index (χ0n) is 6.68. The molecule has 0 amide bonds. The minimum absolute atomic E-state index is 0.446. The Labute approximate surface area is 80.0 Å². The molecule has 2 aromatic heterocycles. The van der Waals surface area contributed by atoms with Crippen LogP contribution in [0, 0.1) is 0 Å². The molecule has 0 saturated carbocycles. The second kappa shape index (κ2) is 3.06. The summed E-state index contributed by atoms with van der Waals surface area (Å²) in [7, 11) is 0. The second-order valence-electron chi connectivity index (χ2n) is 2.49. The van der Waals surface area contributed by atoms with Gasteiger partial charge in [0.2, 0.25) is 0 Å². The molecule has 2 rings (SSSR count). The van der Waals surface area contributed by atoms with E-state index in [2.05, 4.69) is 10.1 Å². The highest BCUT2D eigenvalue weighted by Crippen LogP contribution is 2.16. The van der Waals surface area contributed by atoms with Gasteiger partial charge in [0.15, 0.2) is 5.82 Å². The Morgan fingerprint density at radius 3 is 2.85 bits per heavy atom. The molecule has 2 N–H and O–H groups in total. The number of nitrogens with two attached hydrogens (primary N) is 1. The molecule has 0 unspecified atom stereocenters. The fourth-order valence-electron chi connectivity index (χ4n) is 1.00. The monoisotopic (exact) mass is 194 g/mol. The number of hydrogen-bond acceptors (Lipinski definition) is 3. The quantitative estimate of drug-likeness (QED) is 0.749. The van der Waals surface area contributed by atoms with Gasteiger partial charge < -0.3 is 5.73 Å². The molecule has 0 radical (unpaired) electrons. The number of halogens is 1. The Morgan fingerprint density at radius 2 is 2.23 bits per heavy atom. The number of rotatable bonds is 1. The Kier molecular flexibility index (Phi) is 1.90. The largest absolute Gasteiger partial charge is 0.382 e. The summed E-state index contributed by atoms with van der Waals surface area (Å²) in [5.41, 5.74) is 5.46. The third-order valence-electron chi connectivity index (χ3n) is 1.57. The summed E-state index contributed by atoms with van der Waals surface area (Å²) < 4.78 is 1.54. The van der Waals surface area contributed by atoms with Crippen molar-refractivity contribution in [2.24, 2.45) is 0 Å². The van der Waals surface area contributed by atoms with Crippen LogP contribution in [0.4, 0.5) is 5.82 Å². The molecular weight excluding hydrogens is 188 g/mol. The zero-order chi connectivity index (χ0) is 9.26. The number of anilines is 1. The first-order valence-electron chi connectivity index (χ1n) is 3.69. The molecule has 0 aliphatic rings. The third-order valence-corrected chi connectivity index (χ3v) is 1.86. The van der Waals surface area contributed by atoms with Gasteiger partial charge in [0.05, 0.1) is 5.02 Å². The van der Waals surface area contributed by atoms with E-state index >= 15 is 0 Å². The third kappa shape index (κ3) is 1.48.